The zero-order chi connectivity index (χ0) is 42.5. The van der Waals surface area contributed by atoms with Crippen LogP contribution in [0.5, 0.6) is 0 Å². The van der Waals surface area contributed by atoms with E-state index in [2.05, 4.69) is 32.6 Å². The van der Waals surface area contributed by atoms with Crippen LogP contribution in [0.3, 0.4) is 0 Å². The summed E-state index contributed by atoms with van der Waals surface area (Å²) in [7, 11) is 0. The largest absolute Gasteiger partial charge is 0.466 e. The lowest BCUT2D eigenvalue weighted by molar-refractivity contribution is -0.180. The Morgan fingerprint density at radius 2 is 0.898 bits per heavy atom. The number of rotatable bonds is 42. The third-order valence-electron chi connectivity index (χ3n) is 13.3. The maximum absolute atomic E-state index is 12.6. The fraction of sp³-hybridized carbons (Fsp3) is 0.962. The standard InChI is InChI=1S/C52H99NO6/c1-5-9-23-33-47(34-24-10-6-2)43-50(54)56-41-31-21-17-13-15-19-27-37-52(58-46-49(59-52)45-53-39-29-30-40-53)38-28-20-16-14-18-22-32-42-57-51(55)44-48(35-25-11-7-3)36-26-12-8-4/h47-49H,5-46H2,1-4H3. The molecule has 7 heteroatoms. The lowest BCUT2D eigenvalue weighted by Crippen LogP contribution is -2.35. The van der Waals surface area contributed by atoms with E-state index in [1.807, 2.05) is 0 Å². The lowest BCUT2D eigenvalue weighted by Gasteiger charge is -2.29. The summed E-state index contributed by atoms with van der Waals surface area (Å²) < 4.78 is 24.7. The summed E-state index contributed by atoms with van der Waals surface area (Å²) in [6.45, 7) is 14.3. The van der Waals surface area contributed by atoms with Crippen molar-refractivity contribution in [3.8, 4) is 0 Å². The van der Waals surface area contributed by atoms with Crippen LogP contribution in [-0.4, -0.2) is 68.2 Å². The Balaban J connectivity index is 1.58. The molecule has 2 aliphatic rings. The molecule has 0 bridgehead atoms. The maximum Gasteiger partial charge on any atom is 0.306 e. The van der Waals surface area contributed by atoms with Gasteiger partial charge in [0.2, 0.25) is 0 Å². The molecule has 0 aromatic rings. The minimum absolute atomic E-state index is 0.0246. The van der Waals surface area contributed by atoms with E-state index in [0.29, 0.717) is 37.9 Å². The number of carbonyl (C=O) groups excluding carboxylic acids is 2. The maximum atomic E-state index is 12.6. The van der Waals surface area contributed by atoms with E-state index in [1.165, 1.54) is 180 Å². The summed E-state index contributed by atoms with van der Waals surface area (Å²) in [6, 6.07) is 0. The number of unbranched alkanes of at least 4 members (excludes halogenated alkanes) is 20. The summed E-state index contributed by atoms with van der Waals surface area (Å²) in [6.07, 6.45) is 42.2. The van der Waals surface area contributed by atoms with Crippen LogP contribution in [0.25, 0.3) is 0 Å². The van der Waals surface area contributed by atoms with Gasteiger partial charge in [-0.05, 0) is 89.1 Å². The Bertz CT molecular complexity index is 891. The lowest BCUT2D eigenvalue weighted by atomic mass is 9.92. The molecule has 0 aliphatic carbocycles. The summed E-state index contributed by atoms with van der Waals surface area (Å²) in [4.78, 5) is 27.7. The van der Waals surface area contributed by atoms with Gasteiger partial charge in [0.05, 0.1) is 25.9 Å². The van der Waals surface area contributed by atoms with E-state index in [-0.39, 0.29) is 18.0 Å². The van der Waals surface area contributed by atoms with Gasteiger partial charge in [-0.15, -0.1) is 0 Å². The van der Waals surface area contributed by atoms with Crippen molar-refractivity contribution in [1.29, 1.82) is 0 Å². The quantitative estimate of drug-likeness (QED) is 0.0448. The second-order valence-corrected chi connectivity index (χ2v) is 19.0. The van der Waals surface area contributed by atoms with Crippen LogP contribution < -0.4 is 0 Å². The van der Waals surface area contributed by atoms with Crippen molar-refractivity contribution in [2.75, 3.05) is 39.5 Å². The number of hydrogen-bond acceptors (Lipinski definition) is 7. The highest BCUT2D eigenvalue weighted by Gasteiger charge is 2.41. The SMILES string of the molecule is CCCCCC(CCCCC)CC(=O)OCCCCCCCCCC1(CCCCCCCCCOC(=O)CC(CCCCC)CCCCC)OCC(CN2CCCC2)O1. The van der Waals surface area contributed by atoms with Gasteiger partial charge >= 0.3 is 11.9 Å². The molecule has 7 nitrogen and oxygen atoms in total. The molecule has 59 heavy (non-hydrogen) atoms. The Morgan fingerprint density at radius 3 is 1.29 bits per heavy atom. The molecule has 2 heterocycles. The highest BCUT2D eigenvalue weighted by molar-refractivity contribution is 5.70. The molecule has 0 radical (unpaired) electrons. The number of carbonyl (C=O) groups is 2. The predicted molar refractivity (Wildman–Crippen MR) is 248 cm³/mol. The third kappa shape index (κ3) is 28.9. The van der Waals surface area contributed by atoms with Crippen molar-refractivity contribution in [1.82, 2.24) is 4.90 Å². The number of likely N-dealkylation sites (tertiary alicyclic amines) is 1. The van der Waals surface area contributed by atoms with Gasteiger partial charge in [-0.1, -0.05) is 169 Å². The van der Waals surface area contributed by atoms with Crippen molar-refractivity contribution in [2.45, 2.75) is 271 Å². The topological polar surface area (TPSA) is 74.3 Å². The smallest absolute Gasteiger partial charge is 0.306 e. The molecular formula is C52H99NO6. The van der Waals surface area contributed by atoms with E-state index in [4.69, 9.17) is 18.9 Å². The normalized spacial score (nSPS) is 16.8. The third-order valence-corrected chi connectivity index (χ3v) is 13.3. The Labute approximate surface area is 366 Å². The van der Waals surface area contributed by atoms with Gasteiger partial charge in [-0.25, -0.2) is 0 Å². The van der Waals surface area contributed by atoms with Crippen LogP contribution in [0.4, 0.5) is 0 Å². The molecule has 2 rings (SSSR count). The van der Waals surface area contributed by atoms with Gasteiger partial charge in [0.1, 0.15) is 0 Å². The van der Waals surface area contributed by atoms with Crippen molar-refractivity contribution < 1.29 is 28.5 Å². The summed E-state index contributed by atoms with van der Waals surface area (Å²) in [5.41, 5.74) is 0. The molecule has 0 saturated carbocycles. The van der Waals surface area contributed by atoms with E-state index in [0.717, 1.165) is 64.5 Å². The Morgan fingerprint density at radius 1 is 0.525 bits per heavy atom. The first-order valence-electron chi connectivity index (χ1n) is 26.3. The van der Waals surface area contributed by atoms with E-state index in [9.17, 15) is 9.59 Å². The second kappa shape index (κ2) is 37.4. The fourth-order valence-electron chi connectivity index (χ4n) is 9.50. The van der Waals surface area contributed by atoms with E-state index in [1.54, 1.807) is 0 Å². The number of nitrogens with zero attached hydrogens (tertiary/aromatic N) is 1. The van der Waals surface area contributed by atoms with Crippen molar-refractivity contribution in [2.24, 2.45) is 11.8 Å². The second-order valence-electron chi connectivity index (χ2n) is 19.0. The molecule has 0 N–H and O–H groups in total. The van der Waals surface area contributed by atoms with Crippen LogP contribution in [0.2, 0.25) is 0 Å². The molecule has 0 amide bonds. The molecule has 1 unspecified atom stereocenters. The molecule has 2 fully saturated rings. The average molecular weight is 834 g/mol. The minimum Gasteiger partial charge on any atom is -0.466 e. The average Bonchev–Trinajstić information content (AvgIpc) is 3.89. The predicted octanol–water partition coefficient (Wildman–Crippen LogP) is 14.9. The van der Waals surface area contributed by atoms with E-state index < -0.39 is 5.79 Å². The van der Waals surface area contributed by atoms with Crippen molar-refractivity contribution in [3.05, 3.63) is 0 Å². The Hall–Kier alpha value is -1.18. The number of ether oxygens (including phenoxy) is 4. The van der Waals surface area contributed by atoms with Crippen LogP contribution >= 0.6 is 0 Å². The molecule has 2 aliphatic heterocycles. The van der Waals surface area contributed by atoms with Gasteiger partial charge < -0.3 is 23.8 Å². The highest BCUT2D eigenvalue weighted by Crippen LogP contribution is 2.35. The van der Waals surface area contributed by atoms with Gasteiger partial charge in [0.15, 0.2) is 5.79 Å². The van der Waals surface area contributed by atoms with E-state index >= 15 is 0 Å². The van der Waals surface area contributed by atoms with Crippen LogP contribution in [-0.2, 0) is 28.5 Å². The molecular weight excluding hydrogens is 735 g/mol. The van der Waals surface area contributed by atoms with Crippen molar-refractivity contribution in [3.63, 3.8) is 0 Å². The number of esters is 2. The van der Waals surface area contributed by atoms with Crippen molar-refractivity contribution >= 4 is 11.9 Å². The first-order valence-corrected chi connectivity index (χ1v) is 26.3. The molecule has 0 aromatic heterocycles. The number of hydrogen-bond donors (Lipinski definition) is 0. The fourth-order valence-corrected chi connectivity index (χ4v) is 9.50. The van der Waals surface area contributed by atoms with Gasteiger partial charge in [0.25, 0.3) is 0 Å². The minimum atomic E-state index is -0.395. The first kappa shape index (κ1) is 54.0. The monoisotopic (exact) mass is 834 g/mol. The van der Waals surface area contributed by atoms with Gasteiger partial charge in [-0.3, -0.25) is 9.59 Å². The van der Waals surface area contributed by atoms with Crippen LogP contribution in [0, 0.1) is 11.8 Å². The summed E-state index contributed by atoms with van der Waals surface area (Å²) in [5, 5.41) is 0. The zero-order valence-corrected chi connectivity index (χ0v) is 39.8. The Kier molecular flexibility index (Phi) is 34.2. The molecule has 1 atom stereocenters. The van der Waals surface area contributed by atoms with Crippen LogP contribution in [0.15, 0.2) is 0 Å². The molecule has 0 aromatic carbocycles. The highest BCUT2D eigenvalue weighted by atomic mass is 16.7. The summed E-state index contributed by atoms with van der Waals surface area (Å²) in [5.74, 6) is 0.664. The molecule has 348 valence electrons. The van der Waals surface area contributed by atoms with Gasteiger partial charge in [0, 0.05) is 32.2 Å². The zero-order valence-electron chi connectivity index (χ0n) is 39.8. The first-order chi connectivity index (χ1) is 28.9. The van der Waals surface area contributed by atoms with Crippen LogP contribution in [0.1, 0.15) is 259 Å². The molecule has 2 saturated heterocycles. The summed E-state index contributed by atoms with van der Waals surface area (Å²) >= 11 is 0. The molecule has 0 spiro atoms. The van der Waals surface area contributed by atoms with Gasteiger partial charge in [-0.2, -0.15) is 0 Å².